The number of aromatic nitrogens is 1. The number of rotatable bonds is 3. The van der Waals surface area contributed by atoms with Crippen molar-refractivity contribution in [3.63, 3.8) is 0 Å². The van der Waals surface area contributed by atoms with Gasteiger partial charge < -0.3 is 15.5 Å². The molecule has 4 nitrogen and oxygen atoms in total. The summed E-state index contributed by atoms with van der Waals surface area (Å²) in [7, 11) is 1.63. The number of nitrogens with two attached hydrogens (primary N) is 1. The maximum atomic E-state index is 8.92. The molecule has 1 heterocycles. The van der Waals surface area contributed by atoms with Crippen LogP contribution in [0.4, 0.5) is 5.82 Å². The molecule has 0 bridgehead atoms. The lowest BCUT2D eigenvalue weighted by Gasteiger charge is -2.08. The second-order valence-corrected chi connectivity index (χ2v) is 4.01. The summed E-state index contributed by atoms with van der Waals surface area (Å²) in [5.74, 6) is 1.15. The van der Waals surface area contributed by atoms with Crippen molar-refractivity contribution in [1.29, 1.82) is 5.26 Å². The van der Waals surface area contributed by atoms with Crippen LogP contribution in [0, 0.1) is 11.3 Å². The molecule has 0 amide bonds. The van der Waals surface area contributed by atoms with Gasteiger partial charge in [0.05, 0.1) is 18.4 Å². The third-order valence-electron chi connectivity index (χ3n) is 2.93. The SMILES string of the molecule is CCc1ccc(OC)c(-c2cc(C#N)c(N)[nH]2)c1. The molecule has 0 atom stereocenters. The van der Waals surface area contributed by atoms with Crippen LogP contribution in [0.15, 0.2) is 24.3 Å². The number of nitrogen functional groups attached to an aromatic ring is 1. The molecule has 0 aliphatic carbocycles. The molecule has 2 aromatic rings. The zero-order valence-electron chi connectivity index (χ0n) is 10.4. The van der Waals surface area contributed by atoms with Crippen LogP contribution in [0.5, 0.6) is 5.75 Å². The van der Waals surface area contributed by atoms with Crippen molar-refractivity contribution in [1.82, 2.24) is 4.98 Å². The van der Waals surface area contributed by atoms with Crippen molar-refractivity contribution < 1.29 is 4.74 Å². The third-order valence-corrected chi connectivity index (χ3v) is 2.93. The molecule has 0 fully saturated rings. The van der Waals surface area contributed by atoms with E-state index in [9.17, 15) is 0 Å². The topological polar surface area (TPSA) is 74.8 Å². The smallest absolute Gasteiger partial charge is 0.128 e. The minimum Gasteiger partial charge on any atom is -0.496 e. The number of nitrogens with zero attached hydrogens (tertiary/aromatic N) is 1. The summed E-state index contributed by atoms with van der Waals surface area (Å²) < 4.78 is 5.34. The molecular formula is C14H15N3O. The zero-order valence-corrected chi connectivity index (χ0v) is 10.4. The number of nitrogens with one attached hydrogen (secondary N) is 1. The van der Waals surface area contributed by atoms with Gasteiger partial charge in [-0.25, -0.2) is 0 Å². The Morgan fingerprint density at radius 1 is 1.39 bits per heavy atom. The van der Waals surface area contributed by atoms with E-state index in [2.05, 4.69) is 18.0 Å². The number of nitriles is 1. The lowest BCUT2D eigenvalue weighted by Crippen LogP contribution is -1.91. The molecule has 0 aliphatic heterocycles. The van der Waals surface area contributed by atoms with Gasteiger partial charge in [-0.05, 0) is 30.2 Å². The summed E-state index contributed by atoms with van der Waals surface area (Å²) in [4.78, 5) is 3.01. The van der Waals surface area contributed by atoms with Crippen molar-refractivity contribution in [3.8, 4) is 23.1 Å². The van der Waals surface area contributed by atoms with E-state index in [-0.39, 0.29) is 0 Å². The largest absolute Gasteiger partial charge is 0.496 e. The predicted octanol–water partition coefficient (Wildman–Crippen LogP) is 2.71. The van der Waals surface area contributed by atoms with Crippen LogP contribution in [0.1, 0.15) is 18.1 Å². The van der Waals surface area contributed by atoms with E-state index in [0.717, 1.165) is 23.4 Å². The van der Waals surface area contributed by atoms with Gasteiger partial charge in [0, 0.05) is 5.56 Å². The van der Waals surface area contributed by atoms with E-state index in [1.54, 1.807) is 13.2 Å². The maximum Gasteiger partial charge on any atom is 0.128 e. The van der Waals surface area contributed by atoms with E-state index in [1.807, 2.05) is 18.2 Å². The Kier molecular flexibility index (Phi) is 3.24. The minimum absolute atomic E-state index is 0.386. The Morgan fingerprint density at radius 3 is 2.72 bits per heavy atom. The number of hydrogen-bond acceptors (Lipinski definition) is 3. The first-order valence-electron chi connectivity index (χ1n) is 5.75. The van der Waals surface area contributed by atoms with E-state index in [1.165, 1.54) is 5.56 Å². The molecule has 0 saturated heterocycles. The van der Waals surface area contributed by atoms with Crippen LogP contribution < -0.4 is 10.5 Å². The van der Waals surface area contributed by atoms with E-state index in [4.69, 9.17) is 15.7 Å². The number of hydrogen-bond donors (Lipinski definition) is 2. The summed E-state index contributed by atoms with van der Waals surface area (Å²) in [6.07, 6.45) is 0.943. The third kappa shape index (κ3) is 2.03. The standard InChI is InChI=1S/C14H15N3O/c1-3-9-4-5-13(18-2)11(6-9)12-7-10(8-15)14(16)17-12/h4-7,17H,3,16H2,1-2H3. The zero-order chi connectivity index (χ0) is 13.1. The molecule has 1 aromatic carbocycles. The second-order valence-electron chi connectivity index (χ2n) is 4.01. The predicted molar refractivity (Wildman–Crippen MR) is 71.3 cm³/mol. The monoisotopic (exact) mass is 241 g/mol. The number of anilines is 1. The molecule has 18 heavy (non-hydrogen) atoms. The fourth-order valence-corrected chi connectivity index (χ4v) is 1.89. The molecule has 4 heteroatoms. The fourth-order valence-electron chi connectivity index (χ4n) is 1.89. The van der Waals surface area contributed by atoms with E-state index in [0.29, 0.717) is 11.4 Å². The van der Waals surface area contributed by atoms with Gasteiger partial charge in [0.1, 0.15) is 17.6 Å². The average Bonchev–Trinajstić information content (AvgIpc) is 2.79. The van der Waals surface area contributed by atoms with Crippen molar-refractivity contribution in [2.45, 2.75) is 13.3 Å². The van der Waals surface area contributed by atoms with Crippen molar-refractivity contribution in [2.24, 2.45) is 0 Å². The number of aromatic amines is 1. The van der Waals surface area contributed by atoms with Gasteiger partial charge in [-0.15, -0.1) is 0 Å². The Hall–Kier alpha value is -2.41. The highest BCUT2D eigenvalue weighted by Gasteiger charge is 2.11. The Labute approximate surface area is 106 Å². The number of methoxy groups -OCH3 is 1. The lowest BCUT2D eigenvalue weighted by atomic mass is 10.1. The molecule has 0 radical (unpaired) electrons. The molecule has 0 unspecified atom stereocenters. The highest BCUT2D eigenvalue weighted by atomic mass is 16.5. The van der Waals surface area contributed by atoms with Crippen LogP contribution in [-0.4, -0.2) is 12.1 Å². The Bertz CT molecular complexity index is 608. The number of ether oxygens (including phenoxy) is 1. The second kappa shape index (κ2) is 4.84. The quantitative estimate of drug-likeness (QED) is 0.867. The van der Waals surface area contributed by atoms with E-state index >= 15 is 0 Å². The molecule has 2 rings (SSSR count). The van der Waals surface area contributed by atoms with Crippen LogP contribution >= 0.6 is 0 Å². The van der Waals surface area contributed by atoms with E-state index < -0.39 is 0 Å². The lowest BCUT2D eigenvalue weighted by molar-refractivity contribution is 0.416. The molecule has 1 aromatic heterocycles. The molecule has 0 saturated carbocycles. The van der Waals surface area contributed by atoms with Gasteiger partial charge in [0.25, 0.3) is 0 Å². The first-order chi connectivity index (χ1) is 8.69. The van der Waals surface area contributed by atoms with Crippen molar-refractivity contribution in [2.75, 3.05) is 12.8 Å². The summed E-state index contributed by atoms with van der Waals surface area (Å²) in [5, 5.41) is 8.92. The Balaban J connectivity index is 2.57. The first kappa shape index (κ1) is 12.1. The van der Waals surface area contributed by atoms with Crippen LogP contribution in [-0.2, 0) is 6.42 Å². The van der Waals surface area contributed by atoms with Gasteiger partial charge in [-0.3, -0.25) is 0 Å². The first-order valence-corrected chi connectivity index (χ1v) is 5.75. The van der Waals surface area contributed by atoms with Gasteiger partial charge in [-0.1, -0.05) is 13.0 Å². The highest BCUT2D eigenvalue weighted by molar-refractivity contribution is 5.73. The van der Waals surface area contributed by atoms with Crippen LogP contribution in [0.3, 0.4) is 0 Å². The number of H-pyrrole nitrogens is 1. The molecule has 0 aliphatic rings. The summed E-state index contributed by atoms with van der Waals surface area (Å²) in [6.45, 7) is 2.09. The van der Waals surface area contributed by atoms with Gasteiger partial charge in [0.2, 0.25) is 0 Å². The fraction of sp³-hybridized carbons (Fsp3) is 0.214. The highest BCUT2D eigenvalue weighted by Crippen LogP contribution is 2.32. The number of benzene rings is 1. The van der Waals surface area contributed by atoms with Crippen LogP contribution in [0.25, 0.3) is 11.3 Å². The summed E-state index contributed by atoms with van der Waals surface area (Å²) >= 11 is 0. The molecule has 0 spiro atoms. The normalized spacial score (nSPS) is 10.1. The molecule has 3 N–H and O–H groups in total. The summed E-state index contributed by atoms with van der Waals surface area (Å²) in [6, 6.07) is 9.80. The molecular weight excluding hydrogens is 226 g/mol. The number of aryl methyl sites for hydroxylation is 1. The van der Waals surface area contributed by atoms with Crippen LogP contribution in [0.2, 0.25) is 0 Å². The minimum atomic E-state index is 0.386. The molecule has 92 valence electrons. The van der Waals surface area contributed by atoms with Crippen molar-refractivity contribution >= 4 is 5.82 Å². The van der Waals surface area contributed by atoms with Gasteiger partial charge in [-0.2, -0.15) is 5.26 Å². The van der Waals surface area contributed by atoms with Gasteiger partial charge in [0.15, 0.2) is 0 Å². The maximum absolute atomic E-state index is 8.92. The average molecular weight is 241 g/mol. The Morgan fingerprint density at radius 2 is 2.17 bits per heavy atom. The van der Waals surface area contributed by atoms with Gasteiger partial charge >= 0.3 is 0 Å². The van der Waals surface area contributed by atoms with Crippen molar-refractivity contribution in [3.05, 3.63) is 35.4 Å². The summed E-state index contributed by atoms with van der Waals surface area (Å²) in [5.41, 5.74) is 9.11.